The Bertz CT molecular complexity index is 297. The van der Waals surface area contributed by atoms with Crippen LogP contribution in [0.15, 0.2) is 0 Å². The molecule has 0 spiro atoms. The average molecular weight is 255 g/mol. The largest absolute Gasteiger partial charge is 0.300 e. The highest BCUT2D eigenvalue weighted by molar-refractivity contribution is 7.84. The maximum absolute atomic E-state index is 11.2. The van der Waals surface area contributed by atoms with Crippen LogP contribution in [0.5, 0.6) is 0 Å². The van der Waals surface area contributed by atoms with E-state index in [0.29, 0.717) is 0 Å². The molecule has 4 unspecified atom stereocenters. The molecule has 4 atom stereocenters. The van der Waals surface area contributed by atoms with Crippen molar-refractivity contribution in [3.63, 3.8) is 0 Å². The molecule has 0 N–H and O–H groups in total. The molecule has 1 heterocycles. The molecule has 0 amide bonds. The van der Waals surface area contributed by atoms with Crippen LogP contribution in [-0.4, -0.2) is 40.2 Å². The minimum atomic E-state index is -0.598. The molecule has 2 aliphatic carbocycles. The molecule has 0 aromatic heterocycles. The second-order valence-corrected chi connectivity index (χ2v) is 8.00. The Kier molecular flexibility index (Phi) is 3.58. The predicted octanol–water partition coefficient (Wildman–Crippen LogP) is 2.27. The van der Waals surface area contributed by atoms with Gasteiger partial charge in [-0.25, -0.2) is 0 Å². The van der Waals surface area contributed by atoms with E-state index < -0.39 is 10.8 Å². The van der Waals surface area contributed by atoms with Crippen molar-refractivity contribution < 1.29 is 4.21 Å². The molecule has 3 aliphatic rings. The molecule has 98 valence electrons. The third kappa shape index (κ3) is 2.93. The average Bonchev–Trinajstić information content (AvgIpc) is 2.94. The van der Waals surface area contributed by atoms with Gasteiger partial charge < -0.3 is 4.90 Å². The van der Waals surface area contributed by atoms with Crippen LogP contribution in [0.1, 0.15) is 38.5 Å². The highest BCUT2D eigenvalue weighted by atomic mass is 32.2. The first-order valence-electron chi connectivity index (χ1n) is 7.26. The van der Waals surface area contributed by atoms with Crippen molar-refractivity contribution in [1.29, 1.82) is 0 Å². The lowest BCUT2D eigenvalue weighted by atomic mass is 9.93. The number of hydrogen-bond donors (Lipinski definition) is 0. The van der Waals surface area contributed by atoms with Gasteiger partial charge in [-0.05, 0) is 62.8 Å². The topological polar surface area (TPSA) is 20.3 Å². The zero-order valence-electron chi connectivity index (χ0n) is 10.9. The van der Waals surface area contributed by atoms with E-state index >= 15 is 0 Å². The van der Waals surface area contributed by atoms with Crippen LogP contribution < -0.4 is 0 Å². The van der Waals surface area contributed by atoms with Gasteiger partial charge in [-0.1, -0.05) is 0 Å². The van der Waals surface area contributed by atoms with Crippen LogP contribution in [0.3, 0.4) is 0 Å². The van der Waals surface area contributed by atoms with Crippen LogP contribution in [0.25, 0.3) is 0 Å². The zero-order chi connectivity index (χ0) is 11.8. The molecule has 1 saturated heterocycles. The molecule has 0 radical (unpaired) electrons. The Labute approximate surface area is 108 Å². The first-order valence-corrected chi connectivity index (χ1v) is 8.99. The van der Waals surface area contributed by atoms with Crippen LogP contribution in [0.4, 0.5) is 0 Å². The van der Waals surface area contributed by atoms with E-state index in [0.717, 1.165) is 29.5 Å². The molecule has 3 heteroatoms. The van der Waals surface area contributed by atoms with Gasteiger partial charge in [0.15, 0.2) is 0 Å². The molecular formula is C14H25NOS. The molecule has 0 bridgehead atoms. The van der Waals surface area contributed by atoms with E-state index in [1.807, 2.05) is 6.26 Å². The highest BCUT2D eigenvalue weighted by Gasteiger charge is 2.47. The fourth-order valence-electron chi connectivity index (χ4n) is 3.98. The van der Waals surface area contributed by atoms with Gasteiger partial charge >= 0.3 is 0 Å². The van der Waals surface area contributed by atoms with Crippen molar-refractivity contribution in [2.24, 2.45) is 17.8 Å². The van der Waals surface area contributed by atoms with Gasteiger partial charge in [-0.3, -0.25) is 4.21 Å². The Balaban J connectivity index is 1.47. The SMILES string of the molecule is CS(=O)CCC1CCCN(C2CC3CC3C2)C1. The standard InChI is InChI=1S/C14H25NOS/c1-17(16)6-4-11-3-2-5-15(10-11)14-8-12-7-13(12)9-14/h11-14H,2-10H2,1H3. The minimum absolute atomic E-state index is 0.598. The summed E-state index contributed by atoms with van der Waals surface area (Å²) in [7, 11) is -0.598. The zero-order valence-corrected chi connectivity index (χ0v) is 11.8. The number of hydrogen-bond acceptors (Lipinski definition) is 2. The number of fused-ring (bicyclic) bond motifs is 1. The second kappa shape index (κ2) is 5.00. The van der Waals surface area contributed by atoms with Crippen LogP contribution >= 0.6 is 0 Å². The predicted molar refractivity (Wildman–Crippen MR) is 72.5 cm³/mol. The van der Waals surface area contributed by atoms with Crippen molar-refractivity contribution in [1.82, 2.24) is 4.90 Å². The Hall–Kier alpha value is 0.110. The lowest BCUT2D eigenvalue weighted by molar-refractivity contribution is 0.116. The maximum Gasteiger partial charge on any atom is 0.0235 e. The van der Waals surface area contributed by atoms with Crippen LogP contribution in [0, 0.1) is 17.8 Å². The summed E-state index contributed by atoms with van der Waals surface area (Å²) in [6.45, 7) is 2.62. The van der Waals surface area contributed by atoms with Crippen molar-refractivity contribution in [2.45, 2.75) is 44.6 Å². The minimum Gasteiger partial charge on any atom is -0.300 e. The second-order valence-electron chi connectivity index (χ2n) is 6.45. The van der Waals surface area contributed by atoms with Gasteiger partial charge in [0.05, 0.1) is 0 Å². The fourth-order valence-corrected chi connectivity index (χ4v) is 4.64. The summed E-state index contributed by atoms with van der Waals surface area (Å²) in [5.74, 6) is 3.94. The fraction of sp³-hybridized carbons (Fsp3) is 1.00. The quantitative estimate of drug-likeness (QED) is 0.768. The monoisotopic (exact) mass is 255 g/mol. The van der Waals surface area contributed by atoms with Gasteiger partial charge in [0.1, 0.15) is 0 Å². The lowest BCUT2D eigenvalue weighted by Crippen LogP contribution is -2.42. The number of rotatable bonds is 4. The van der Waals surface area contributed by atoms with E-state index in [2.05, 4.69) is 4.90 Å². The van der Waals surface area contributed by atoms with E-state index in [-0.39, 0.29) is 0 Å². The van der Waals surface area contributed by atoms with Gasteiger partial charge in [0, 0.05) is 35.4 Å². The van der Waals surface area contributed by atoms with Gasteiger partial charge in [0.2, 0.25) is 0 Å². The Morgan fingerprint density at radius 1 is 1.24 bits per heavy atom. The van der Waals surface area contributed by atoms with E-state index in [1.165, 1.54) is 51.6 Å². The molecule has 3 rings (SSSR count). The van der Waals surface area contributed by atoms with Gasteiger partial charge in [-0.2, -0.15) is 0 Å². The summed E-state index contributed by atoms with van der Waals surface area (Å²) >= 11 is 0. The summed E-state index contributed by atoms with van der Waals surface area (Å²) in [6.07, 6.45) is 10.3. The summed E-state index contributed by atoms with van der Waals surface area (Å²) < 4.78 is 11.2. The number of likely N-dealkylation sites (tertiary alicyclic amines) is 1. The van der Waals surface area contributed by atoms with Gasteiger partial charge in [-0.15, -0.1) is 0 Å². The van der Waals surface area contributed by atoms with Crippen LogP contribution in [0.2, 0.25) is 0 Å². The molecule has 17 heavy (non-hydrogen) atoms. The van der Waals surface area contributed by atoms with Crippen LogP contribution in [-0.2, 0) is 10.8 Å². The highest BCUT2D eigenvalue weighted by Crippen LogP contribution is 2.53. The van der Waals surface area contributed by atoms with Gasteiger partial charge in [0.25, 0.3) is 0 Å². The molecule has 0 aromatic carbocycles. The molecule has 2 saturated carbocycles. The molecule has 2 nitrogen and oxygen atoms in total. The summed E-state index contributed by atoms with van der Waals surface area (Å²) in [5, 5.41) is 0. The Morgan fingerprint density at radius 2 is 2.00 bits per heavy atom. The summed E-state index contributed by atoms with van der Waals surface area (Å²) in [4.78, 5) is 2.76. The number of nitrogens with zero attached hydrogens (tertiary/aromatic N) is 1. The molecule has 0 aromatic rings. The normalized spacial score (nSPS) is 43.4. The van der Waals surface area contributed by atoms with E-state index in [9.17, 15) is 4.21 Å². The van der Waals surface area contributed by atoms with E-state index in [1.54, 1.807) is 0 Å². The van der Waals surface area contributed by atoms with Crippen molar-refractivity contribution in [3.05, 3.63) is 0 Å². The number of piperidine rings is 1. The van der Waals surface area contributed by atoms with Crippen molar-refractivity contribution in [2.75, 3.05) is 25.1 Å². The van der Waals surface area contributed by atoms with E-state index in [4.69, 9.17) is 0 Å². The first kappa shape index (κ1) is 12.2. The Morgan fingerprint density at radius 3 is 2.71 bits per heavy atom. The molecular weight excluding hydrogens is 230 g/mol. The summed E-state index contributed by atoms with van der Waals surface area (Å²) in [6, 6.07) is 0.911. The smallest absolute Gasteiger partial charge is 0.0235 e. The molecule has 1 aliphatic heterocycles. The molecule has 3 fully saturated rings. The lowest BCUT2D eigenvalue weighted by Gasteiger charge is -2.37. The third-order valence-electron chi connectivity index (χ3n) is 5.10. The maximum atomic E-state index is 11.2. The van der Waals surface area contributed by atoms with Crippen molar-refractivity contribution in [3.8, 4) is 0 Å². The third-order valence-corrected chi connectivity index (χ3v) is 5.91. The first-order chi connectivity index (χ1) is 8.22. The van der Waals surface area contributed by atoms with Crippen molar-refractivity contribution >= 4 is 10.8 Å². The summed E-state index contributed by atoms with van der Waals surface area (Å²) in [5.41, 5.74) is 0.